The molecule has 0 spiro atoms. The van der Waals surface area contributed by atoms with E-state index in [0.29, 0.717) is 17.7 Å². The molecule has 2 rings (SSSR count). The first-order valence-electron chi connectivity index (χ1n) is 7.69. The normalized spacial score (nSPS) is 12.6. The van der Waals surface area contributed by atoms with E-state index in [9.17, 15) is 13.2 Å². The molecular weight excluding hydrogens is 324 g/mol. The fraction of sp³-hybridized carbons (Fsp3) is 0.278. The first kappa shape index (κ1) is 18.2. The van der Waals surface area contributed by atoms with Crippen LogP contribution in [0.1, 0.15) is 23.6 Å². The number of aryl methyl sites for hydroxylation is 1. The molecule has 1 unspecified atom stereocenters. The number of nitrogens with one attached hydrogen (secondary N) is 1. The number of anilines is 1. The number of carbonyl (C=O) groups is 1. The Balaban J connectivity index is 1.94. The standard InChI is InChI=1S/C18H22N2O3S/c1-13-3-5-15(6-4-13)11-14(2)18(21)20-17-9-7-16(8-10-17)12-24(19,22)23/h3-10,14H,11-12H2,1-2H3,(H,20,21)(H2,19,22,23). The van der Waals surface area contributed by atoms with Gasteiger partial charge in [-0.05, 0) is 36.6 Å². The molecular formula is C18H22N2O3S. The number of hydrogen-bond acceptors (Lipinski definition) is 3. The summed E-state index contributed by atoms with van der Waals surface area (Å²) in [4.78, 5) is 12.3. The maximum absolute atomic E-state index is 12.3. The van der Waals surface area contributed by atoms with Gasteiger partial charge >= 0.3 is 0 Å². The fourth-order valence-corrected chi connectivity index (χ4v) is 3.01. The van der Waals surface area contributed by atoms with Crippen LogP contribution in [0.4, 0.5) is 5.69 Å². The van der Waals surface area contributed by atoms with Gasteiger partial charge in [0.15, 0.2) is 0 Å². The molecule has 6 heteroatoms. The third kappa shape index (κ3) is 5.79. The summed E-state index contributed by atoms with van der Waals surface area (Å²) >= 11 is 0. The average Bonchev–Trinajstić information content (AvgIpc) is 2.50. The van der Waals surface area contributed by atoms with Crippen molar-refractivity contribution in [2.75, 3.05) is 5.32 Å². The van der Waals surface area contributed by atoms with Gasteiger partial charge in [0.05, 0.1) is 5.75 Å². The maximum Gasteiger partial charge on any atom is 0.227 e. The van der Waals surface area contributed by atoms with E-state index < -0.39 is 10.0 Å². The van der Waals surface area contributed by atoms with Crippen LogP contribution in [0.2, 0.25) is 0 Å². The summed E-state index contributed by atoms with van der Waals surface area (Å²) in [6.07, 6.45) is 0.662. The predicted octanol–water partition coefficient (Wildman–Crippen LogP) is 2.60. The Kier molecular flexibility index (Phi) is 5.75. The van der Waals surface area contributed by atoms with E-state index in [1.807, 2.05) is 38.1 Å². The van der Waals surface area contributed by atoms with Gasteiger partial charge in [-0.3, -0.25) is 4.79 Å². The molecule has 24 heavy (non-hydrogen) atoms. The van der Waals surface area contributed by atoms with Crippen LogP contribution in [0.5, 0.6) is 0 Å². The number of nitrogens with two attached hydrogens (primary N) is 1. The van der Waals surface area contributed by atoms with E-state index in [1.165, 1.54) is 5.56 Å². The van der Waals surface area contributed by atoms with Crippen molar-refractivity contribution in [1.29, 1.82) is 0 Å². The molecule has 2 aromatic carbocycles. The monoisotopic (exact) mass is 346 g/mol. The van der Waals surface area contributed by atoms with Crippen LogP contribution in [0.3, 0.4) is 0 Å². The highest BCUT2D eigenvalue weighted by Crippen LogP contribution is 2.15. The smallest absolute Gasteiger partial charge is 0.227 e. The molecule has 0 bridgehead atoms. The van der Waals surface area contributed by atoms with E-state index in [2.05, 4.69) is 5.32 Å². The number of sulfonamides is 1. The van der Waals surface area contributed by atoms with Crippen molar-refractivity contribution in [3.8, 4) is 0 Å². The van der Waals surface area contributed by atoms with E-state index in [0.717, 1.165) is 5.56 Å². The first-order chi connectivity index (χ1) is 11.2. The van der Waals surface area contributed by atoms with Gasteiger partial charge in [0, 0.05) is 11.6 Å². The molecule has 128 valence electrons. The lowest BCUT2D eigenvalue weighted by molar-refractivity contribution is -0.119. The molecule has 2 aromatic rings. The van der Waals surface area contributed by atoms with Gasteiger partial charge in [-0.2, -0.15) is 0 Å². The van der Waals surface area contributed by atoms with Crippen LogP contribution >= 0.6 is 0 Å². The minimum Gasteiger partial charge on any atom is -0.326 e. The van der Waals surface area contributed by atoms with E-state index in [1.54, 1.807) is 24.3 Å². The molecule has 0 saturated carbocycles. The summed E-state index contributed by atoms with van der Waals surface area (Å²) in [7, 11) is -3.55. The summed E-state index contributed by atoms with van der Waals surface area (Å²) in [5.74, 6) is -0.461. The number of rotatable bonds is 6. The number of amides is 1. The molecule has 0 heterocycles. The summed E-state index contributed by atoms with van der Waals surface area (Å²) < 4.78 is 22.1. The Morgan fingerprint density at radius 2 is 1.58 bits per heavy atom. The van der Waals surface area contributed by atoms with Crippen LogP contribution in [0.15, 0.2) is 48.5 Å². The SMILES string of the molecule is Cc1ccc(CC(C)C(=O)Nc2ccc(CS(N)(=O)=O)cc2)cc1. The highest BCUT2D eigenvalue weighted by molar-refractivity contribution is 7.88. The quantitative estimate of drug-likeness (QED) is 0.842. The van der Waals surface area contributed by atoms with Crippen molar-refractivity contribution in [2.24, 2.45) is 11.1 Å². The Morgan fingerprint density at radius 3 is 2.12 bits per heavy atom. The van der Waals surface area contributed by atoms with Gasteiger partial charge in [0.25, 0.3) is 0 Å². The molecule has 0 saturated heterocycles. The molecule has 0 aliphatic carbocycles. The van der Waals surface area contributed by atoms with Crippen molar-refractivity contribution in [1.82, 2.24) is 0 Å². The predicted molar refractivity (Wildman–Crippen MR) is 95.9 cm³/mol. The van der Waals surface area contributed by atoms with Crippen molar-refractivity contribution in [2.45, 2.75) is 26.0 Å². The number of benzene rings is 2. The minimum atomic E-state index is -3.55. The molecule has 1 amide bonds. The Hall–Kier alpha value is -2.18. The molecule has 3 N–H and O–H groups in total. The van der Waals surface area contributed by atoms with Crippen LogP contribution in [0, 0.1) is 12.8 Å². The van der Waals surface area contributed by atoms with Gasteiger partial charge in [-0.15, -0.1) is 0 Å². The fourth-order valence-electron chi connectivity index (χ4n) is 2.35. The summed E-state index contributed by atoms with van der Waals surface area (Å²) in [6, 6.07) is 14.8. The Morgan fingerprint density at radius 1 is 1.04 bits per heavy atom. The molecule has 0 radical (unpaired) electrons. The van der Waals surface area contributed by atoms with Gasteiger partial charge in [-0.1, -0.05) is 48.9 Å². The second-order valence-electron chi connectivity index (χ2n) is 6.08. The first-order valence-corrected chi connectivity index (χ1v) is 9.40. The molecule has 5 nitrogen and oxygen atoms in total. The van der Waals surface area contributed by atoms with Gasteiger partial charge < -0.3 is 5.32 Å². The second-order valence-corrected chi connectivity index (χ2v) is 7.70. The molecule has 0 fully saturated rings. The largest absolute Gasteiger partial charge is 0.326 e. The lowest BCUT2D eigenvalue weighted by atomic mass is 9.99. The lowest BCUT2D eigenvalue weighted by Crippen LogP contribution is -2.22. The zero-order valence-corrected chi connectivity index (χ0v) is 14.6. The molecule has 1 atom stereocenters. The van der Waals surface area contributed by atoms with Gasteiger partial charge in [0.2, 0.25) is 15.9 Å². The third-order valence-electron chi connectivity index (χ3n) is 3.70. The second kappa shape index (κ2) is 7.59. The highest BCUT2D eigenvalue weighted by Gasteiger charge is 2.14. The van der Waals surface area contributed by atoms with Crippen LogP contribution in [0.25, 0.3) is 0 Å². The Bertz CT molecular complexity index is 797. The van der Waals surface area contributed by atoms with Crippen LogP contribution in [-0.4, -0.2) is 14.3 Å². The molecule has 0 aromatic heterocycles. The van der Waals surface area contributed by atoms with Crippen molar-refractivity contribution < 1.29 is 13.2 Å². The van der Waals surface area contributed by atoms with Crippen LogP contribution in [-0.2, 0) is 27.0 Å². The topological polar surface area (TPSA) is 89.3 Å². The van der Waals surface area contributed by atoms with E-state index >= 15 is 0 Å². The zero-order valence-electron chi connectivity index (χ0n) is 13.8. The number of carbonyl (C=O) groups excluding carboxylic acids is 1. The number of hydrogen-bond donors (Lipinski definition) is 2. The number of primary sulfonamides is 1. The van der Waals surface area contributed by atoms with Crippen LogP contribution < -0.4 is 10.5 Å². The van der Waals surface area contributed by atoms with Crippen molar-refractivity contribution >= 4 is 21.6 Å². The lowest BCUT2D eigenvalue weighted by Gasteiger charge is -2.13. The Labute approximate surface area is 142 Å². The molecule has 0 aliphatic rings. The summed E-state index contributed by atoms with van der Waals surface area (Å²) in [5.41, 5.74) is 3.53. The van der Waals surface area contributed by atoms with E-state index in [-0.39, 0.29) is 17.6 Å². The minimum absolute atomic E-state index is 0.0743. The summed E-state index contributed by atoms with van der Waals surface area (Å²) in [5, 5.41) is 7.85. The maximum atomic E-state index is 12.3. The van der Waals surface area contributed by atoms with Crippen molar-refractivity contribution in [3.05, 3.63) is 65.2 Å². The summed E-state index contributed by atoms with van der Waals surface area (Å²) in [6.45, 7) is 3.91. The van der Waals surface area contributed by atoms with E-state index in [4.69, 9.17) is 5.14 Å². The van der Waals surface area contributed by atoms with Gasteiger partial charge in [-0.25, -0.2) is 13.6 Å². The van der Waals surface area contributed by atoms with Crippen molar-refractivity contribution in [3.63, 3.8) is 0 Å². The highest BCUT2D eigenvalue weighted by atomic mass is 32.2. The third-order valence-corrected chi connectivity index (χ3v) is 4.44. The zero-order chi connectivity index (χ0) is 17.7. The molecule has 0 aliphatic heterocycles. The van der Waals surface area contributed by atoms with Gasteiger partial charge in [0.1, 0.15) is 0 Å². The average molecular weight is 346 g/mol.